The van der Waals surface area contributed by atoms with E-state index in [2.05, 4.69) is 13.2 Å². The van der Waals surface area contributed by atoms with Crippen LogP contribution in [0.3, 0.4) is 0 Å². The van der Waals surface area contributed by atoms with Crippen LogP contribution in [-0.2, 0) is 9.59 Å². The number of carbonyl (C=O) groups is 3. The lowest BCUT2D eigenvalue weighted by atomic mass is 10.1. The summed E-state index contributed by atoms with van der Waals surface area (Å²) in [5.41, 5.74) is 0.735. The van der Waals surface area contributed by atoms with E-state index in [4.69, 9.17) is 5.11 Å². The highest BCUT2D eigenvalue weighted by Gasteiger charge is 2.24. The molecule has 2 amide bonds. The molecule has 0 aromatic heterocycles. The highest BCUT2D eigenvalue weighted by atomic mass is 16.4. The number of benzene rings is 1. The Balaban J connectivity index is 3.27. The second kappa shape index (κ2) is 5.97. The minimum absolute atomic E-state index is 0.0687. The van der Waals surface area contributed by atoms with Crippen LogP contribution in [-0.4, -0.2) is 22.9 Å². The average molecular weight is 273 g/mol. The van der Waals surface area contributed by atoms with Crippen LogP contribution in [0.4, 0.5) is 5.69 Å². The number of hydrogen-bond acceptors (Lipinski definition) is 3. The number of aromatic carboxylic acids is 1. The summed E-state index contributed by atoms with van der Waals surface area (Å²) >= 11 is 0. The van der Waals surface area contributed by atoms with Gasteiger partial charge in [0.15, 0.2) is 0 Å². The Bertz CT molecular complexity index is 573. The highest BCUT2D eigenvalue weighted by molar-refractivity contribution is 6.24. The Kier molecular flexibility index (Phi) is 4.59. The van der Waals surface area contributed by atoms with Crippen LogP contribution in [0.15, 0.2) is 48.6 Å². The molecular formula is C15H15NO4. The molecule has 5 heteroatoms. The lowest BCUT2D eigenvalue weighted by Gasteiger charge is -2.21. The maximum absolute atomic E-state index is 12.1. The average Bonchev–Trinajstić information content (AvgIpc) is 2.39. The summed E-state index contributed by atoms with van der Waals surface area (Å²) < 4.78 is 0. The number of rotatable bonds is 4. The molecule has 1 N–H and O–H groups in total. The van der Waals surface area contributed by atoms with Crippen molar-refractivity contribution in [3.05, 3.63) is 54.1 Å². The summed E-state index contributed by atoms with van der Waals surface area (Å²) in [6.07, 6.45) is 0. The summed E-state index contributed by atoms with van der Waals surface area (Å²) in [7, 11) is 0. The molecule has 0 aliphatic carbocycles. The van der Waals surface area contributed by atoms with Gasteiger partial charge in [-0.25, -0.2) is 9.69 Å². The van der Waals surface area contributed by atoms with Crippen LogP contribution >= 0.6 is 0 Å². The number of hydrogen-bond donors (Lipinski definition) is 1. The maximum atomic E-state index is 12.1. The molecule has 0 spiro atoms. The van der Waals surface area contributed by atoms with Gasteiger partial charge in [-0.05, 0) is 38.1 Å². The first kappa shape index (κ1) is 15.4. The normalized spacial score (nSPS) is 9.70. The largest absolute Gasteiger partial charge is 0.478 e. The molecule has 0 saturated heterocycles. The summed E-state index contributed by atoms with van der Waals surface area (Å²) in [5.74, 6) is -2.19. The first-order chi connectivity index (χ1) is 9.25. The van der Waals surface area contributed by atoms with Gasteiger partial charge in [0, 0.05) is 11.1 Å². The summed E-state index contributed by atoms with van der Waals surface area (Å²) in [5, 5.41) is 8.83. The van der Waals surface area contributed by atoms with E-state index in [0.29, 0.717) is 0 Å². The van der Waals surface area contributed by atoms with Crippen LogP contribution in [0.5, 0.6) is 0 Å². The van der Waals surface area contributed by atoms with Crippen LogP contribution in [0.1, 0.15) is 24.2 Å². The van der Waals surface area contributed by atoms with E-state index in [1.54, 1.807) is 0 Å². The second-order valence-electron chi connectivity index (χ2n) is 4.36. The Labute approximate surface area is 116 Å². The fourth-order valence-corrected chi connectivity index (χ4v) is 1.46. The van der Waals surface area contributed by atoms with Crippen LogP contribution in [0, 0.1) is 0 Å². The number of carboxylic acid groups (broad SMARTS) is 1. The Hall–Kier alpha value is -2.69. The van der Waals surface area contributed by atoms with Gasteiger partial charge >= 0.3 is 5.97 Å². The van der Waals surface area contributed by atoms with Crippen molar-refractivity contribution in [2.75, 3.05) is 4.90 Å². The number of carbonyl (C=O) groups excluding carboxylic acids is 2. The molecule has 0 aliphatic heterocycles. The quantitative estimate of drug-likeness (QED) is 0.855. The first-order valence-corrected chi connectivity index (χ1v) is 5.79. The summed E-state index contributed by atoms with van der Waals surface area (Å²) in [6, 6.07) is 5.43. The summed E-state index contributed by atoms with van der Waals surface area (Å²) in [6.45, 7) is 10.0. The van der Waals surface area contributed by atoms with Gasteiger partial charge in [-0.1, -0.05) is 13.2 Å². The van der Waals surface area contributed by atoms with E-state index >= 15 is 0 Å². The fraction of sp³-hybridized carbons (Fsp3) is 0.133. The van der Waals surface area contributed by atoms with Gasteiger partial charge in [0.25, 0.3) is 11.8 Å². The van der Waals surface area contributed by atoms with Crippen molar-refractivity contribution in [2.45, 2.75) is 13.8 Å². The molecule has 0 saturated carbocycles. The topological polar surface area (TPSA) is 74.7 Å². The van der Waals surface area contributed by atoms with Crippen molar-refractivity contribution in [1.29, 1.82) is 0 Å². The fourth-order valence-electron chi connectivity index (χ4n) is 1.46. The first-order valence-electron chi connectivity index (χ1n) is 5.79. The minimum atomic E-state index is -1.08. The van der Waals surface area contributed by atoms with Gasteiger partial charge in [-0.2, -0.15) is 0 Å². The smallest absolute Gasteiger partial charge is 0.335 e. The van der Waals surface area contributed by atoms with Crippen molar-refractivity contribution in [3.8, 4) is 0 Å². The van der Waals surface area contributed by atoms with E-state index in [1.807, 2.05) is 0 Å². The molecule has 104 valence electrons. The third kappa shape index (κ3) is 3.20. The highest BCUT2D eigenvalue weighted by Crippen LogP contribution is 2.19. The van der Waals surface area contributed by atoms with Gasteiger partial charge in [0.1, 0.15) is 0 Å². The van der Waals surface area contributed by atoms with E-state index < -0.39 is 17.8 Å². The Morgan fingerprint density at radius 3 is 1.65 bits per heavy atom. The lowest BCUT2D eigenvalue weighted by Crippen LogP contribution is -2.37. The number of anilines is 1. The standard InChI is InChI=1S/C15H15NO4/c1-9(2)13(17)16(14(18)10(3)4)12-7-5-11(6-8-12)15(19)20/h5-8H,1,3H2,2,4H3,(H,19,20). The zero-order valence-corrected chi connectivity index (χ0v) is 11.3. The third-order valence-electron chi connectivity index (χ3n) is 2.51. The SMILES string of the molecule is C=C(C)C(=O)N(C(=O)C(=C)C)c1ccc(C(=O)O)cc1. The number of nitrogens with zero attached hydrogens (tertiary/aromatic N) is 1. The van der Waals surface area contributed by atoms with E-state index in [0.717, 1.165) is 4.90 Å². The molecule has 0 bridgehead atoms. The zero-order valence-electron chi connectivity index (χ0n) is 11.3. The van der Waals surface area contributed by atoms with E-state index in [9.17, 15) is 14.4 Å². The molecule has 1 rings (SSSR count). The second-order valence-corrected chi connectivity index (χ2v) is 4.36. The number of imide groups is 1. The van der Waals surface area contributed by atoms with Gasteiger partial charge in [0.05, 0.1) is 11.3 Å². The van der Waals surface area contributed by atoms with E-state index in [1.165, 1.54) is 38.1 Å². The lowest BCUT2D eigenvalue weighted by molar-refractivity contribution is -0.122. The molecule has 0 atom stereocenters. The van der Waals surface area contributed by atoms with Crippen LogP contribution < -0.4 is 4.90 Å². The Morgan fingerprint density at radius 2 is 1.35 bits per heavy atom. The molecular weight excluding hydrogens is 258 g/mol. The van der Waals surface area contributed by atoms with E-state index in [-0.39, 0.29) is 22.4 Å². The van der Waals surface area contributed by atoms with Gasteiger partial charge < -0.3 is 5.11 Å². The Morgan fingerprint density at radius 1 is 0.950 bits per heavy atom. The molecule has 0 aliphatic rings. The molecule has 0 fully saturated rings. The molecule has 0 heterocycles. The predicted molar refractivity (Wildman–Crippen MR) is 75.5 cm³/mol. The monoisotopic (exact) mass is 273 g/mol. The molecule has 1 aromatic rings. The molecule has 5 nitrogen and oxygen atoms in total. The van der Waals surface area contributed by atoms with Crippen molar-refractivity contribution in [1.82, 2.24) is 0 Å². The minimum Gasteiger partial charge on any atom is -0.478 e. The van der Waals surface area contributed by atoms with Crippen molar-refractivity contribution in [2.24, 2.45) is 0 Å². The van der Waals surface area contributed by atoms with Gasteiger partial charge in [-0.3, -0.25) is 9.59 Å². The van der Waals surface area contributed by atoms with Crippen molar-refractivity contribution < 1.29 is 19.5 Å². The maximum Gasteiger partial charge on any atom is 0.335 e. The number of amides is 2. The molecule has 0 unspecified atom stereocenters. The molecule has 0 radical (unpaired) electrons. The van der Waals surface area contributed by atoms with Gasteiger partial charge in [0.2, 0.25) is 0 Å². The summed E-state index contributed by atoms with van der Waals surface area (Å²) in [4.78, 5) is 35.8. The van der Waals surface area contributed by atoms with Crippen LogP contribution in [0.25, 0.3) is 0 Å². The number of carboxylic acids is 1. The van der Waals surface area contributed by atoms with Crippen molar-refractivity contribution in [3.63, 3.8) is 0 Å². The zero-order chi connectivity index (χ0) is 15.4. The molecule has 20 heavy (non-hydrogen) atoms. The van der Waals surface area contributed by atoms with Crippen molar-refractivity contribution >= 4 is 23.5 Å². The van der Waals surface area contributed by atoms with Gasteiger partial charge in [-0.15, -0.1) is 0 Å². The molecule has 1 aromatic carbocycles. The predicted octanol–water partition coefficient (Wildman–Crippen LogP) is 2.40. The third-order valence-corrected chi connectivity index (χ3v) is 2.51. The van der Waals surface area contributed by atoms with Crippen LogP contribution in [0.2, 0.25) is 0 Å².